The van der Waals surface area contributed by atoms with Crippen molar-refractivity contribution in [3.63, 3.8) is 0 Å². The highest BCUT2D eigenvalue weighted by Gasteiger charge is 2.20. The normalized spacial score (nSPS) is 18.4. The number of nitrogens with two attached hydrogens (primary N) is 1. The Bertz CT molecular complexity index is 301. The molecule has 1 saturated heterocycles. The second kappa shape index (κ2) is 3.96. The predicted octanol–water partition coefficient (Wildman–Crippen LogP) is 2.30. The van der Waals surface area contributed by atoms with E-state index in [2.05, 4.69) is 0 Å². The van der Waals surface area contributed by atoms with Crippen LogP contribution in [0.5, 0.6) is 0 Å². The summed E-state index contributed by atoms with van der Waals surface area (Å²) in [6.07, 6.45) is 1.73. The first-order valence-electron chi connectivity index (χ1n) is 4.90. The van der Waals surface area contributed by atoms with Gasteiger partial charge < -0.3 is 10.5 Å². The zero-order chi connectivity index (χ0) is 9.97. The largest absolute Gasteiger partial charge is 0.398 e. The van der Waals surface area contributed by atoms with Crippen molar-refractivity contribution in [1.82, 2.24) is 0 Å². The minimum Gasteiger partial charge on any atom is -0.398 e. The number of nitrogen functional groups attached to an aromatic ring is 1. The molecule has 1 heterocycles. The molecular weight excluding hydrogens is 181 g/mol. The Morgan fingerprint density at radius 3 is 2.64 bits per heavy atom. The monoisotopic (exact) mass is 195 g/mol. The van der Waals surface area contributed by atoms with Crippen molar-refractivity contribution in [3.8, 4) is 0 Å². The Morgan fingerprint density at radius 2 is 2.00 bits per heavy atom. The second-order valence-corrected chi connectivity index (χ2v) is 3.63. The van der Waals surface area contributed by atoms with Gasteiger partial charge >= 0.3 is 0 Å². The molecule has 0 radical (unpaired) electrons. The van der Waals surface area contributed by atoms with Crippen LogP contribution in [-0.2, 0) is 4.74 Å². The molecule has 2 rings (SSSR count). The van der Waals surface area contributed by atoms with Crippen LogP contribution in [-0.4, -0.2) is 13.2 Å². The van der Waals surface area contributed by atoms with Crippen LogP contribution in [0.1, 0.15) is 24.3 Å². The van der Waals surface area contributed by atoms with E-state index in [0.717, 1.165) is 12.8 Å². The summed E-state index contributed by atoms with van der Waals surface area (Å²) in [5.74, 6) is 0.0434. The maximum Gasteiger partial charge on any atom is 0.128 e. The van der Waals surface area contributed by atoms with Gasteiger partial charge in [0.2, 0.25) is 0 Å². The highest BCUT2D eigenvalue weighted by molar-refractivity contribution is 5.49. The van der Waals surface area contributed by atoms with Gasteiger partial charge in [-0.05, 0) is 30.9 Å². The van der Waals surface area contributed by atoms with E-state index in [-0.39, 0.29) is 11.7 Å². The quantitative estimate of drug-likeness (QED) is 0.698. The molecule has 0 aromatic heterocycles. The summed E-state index contributed by atoms with van der Waals surface area (Å²) in [7, 11) is 0. The lowest BCUT2D eigenvalue weighted by atomic mass is 9.90. The molecule has 1 fully saturated rings. The summed E-state index contributed by atoms with van der Waals surface area (Å²) in [5, 5.41) is 0. The number of ether oxygens (including phenoxy) is 1. The zero-order valence-corrected chi connectivity index (χ0v) is 8.00. The van der Waals surface area contributed by atoms with Crippen molar-refractivity contribution in [1.29, 1.82) is 0 Å². The summed E-state index contributed by atoms with van der Waals surface area (Å²) in [6.45, 7) is 1.41. The molecule has 0 saturated carbocycles. The van der Waals surface area contributed by atoms with Crippen LogP contribution in [0.2, 0.25) is 0 Å². The SMILES string of the molecule is Nc1cccc(F)c1C1CCOCC1. The first-order valence-corrected chi connectivity index (χ1v) is 4.90. The van der Waals surface area contributed by atoms with Gasteiger partial charge in [-0.2, -0.15) is 0 Å². The van der Waals surface area contributed by atoms with Gasteiger partial charge in [0.1, 0.15) is 5.82 Å². The van der Waals surface area contributed by atoms with Crippen molar-refractivity contribution in [3.05, 3.63) is 29.6 Å². The standard InChI is InChI=1S/C11H14FNO/c12-9-2-1-3-10(13)11(9)8-4-6-14-7-5-8/h1-3,8H,4-7,13H2. The topological polar surface area (TPSA) is 35.2 Å². The van der Waals surface area contributed by atoms with Gasteiger partial charge in [0.05, 0.1) is 0 Å². The number of halogens is 1. The van der Waals surface area contributed by atoms with Crippen LogP contribution in [0.25, 0.3) is 0 Å². The van der Waals surface area contributed by atoms with E-state index in [0.29, 0.717) is 24.5 Å². The maximum absolute atomic E-state index is 13.5. The molecule has 76 valence electrons. The molecule has 2 nitrogen and oxygen atoms in total. The Balaban J connectivity index is 2.29. The summed E-state index contributed by atoms with van der Waals surface area (Å²) in [6, 6.07) is 4.88. The van der Waals surface area contributed by atoms with E-state index in [1.54, 1.807) is 12.1 Å². The van der Waals surface area contributed by atoms with Crippen LogP contribution in [0.15, 0.2) is 18.2 Å². The molecule has 14 heavy (non-hydrogen) atoms. The van der Waals surface area contributed by atoms with Crippen LogP contribution >= 0.6 is 0 Å². The van der Waals surface area contributed by atoms with E-state index in [9.17, 15) is 4.39 Å². The van der Waals surface area contributed by atoms with Crippen molar-refractivity contribution < 1.29 is 9.13 Å². The van der Waals surface area contributed by atoms with Crippen LogP contribution in [0, 0.1) is 5.82 Å². The molecule has 0 aliphatic carbocycles. The van der Waals surface area contributed by atoms with Crippen LogP contribution in [0.3, 0.4) is 0 Å². The summed E-state index contributed by atoms with van der Waals surface area (Å²) >= 11 is 0. The molecule has 2 N–H and O–H groups in total. The average Bonchev–Trinajstić information content (AvgIpc) is 2.19. The first kappa shape index (κ1) is 9.46. The lowest BCUT2D eigenvalue weighted by Gasteiger charge is -2.23. The third-order valence-corrected chi connectivity index (χ3v) is 2.72. The molecule has 1 aliphatic rings. The van der Waals surface area contributed by atoms with E-state index >= 15 is 0 Å². The van der Waals surface area contributed by atoms with Crippen molar-refractivity contribution in [2.45, 2.75) is 18.8 Å². The minimum atomic E-state index is -0.183. The highest BCUT2D eigenvalue weighted by Crippen LogP contribution is 2.32. The van der Waals surface area contributed by atoms with Gasteiger partial charge in [-0.3, -0.25) is 0 Å². The fraction of sp³-hybridized carbons (Fsp3) is 0.455. The van der Waals surface area contributed by atoms with Crippen LogP contribution < -0.4 is 5.73 Å². The molecule has 1 aromatic rings. The number of hydrogen-bond donors (Lipinski definition) is 1. The lowest BCUT2D eigenvalue weighted by molar-refractivity contribution is 0.0848. The molecule has 0 atom stereocenters. The van der Waals surface area contributed by atoms with Gasteiger partial charge in [0.25, 0.3) is 0 Å². The second-order valence-electron chi connectivity index (χ2n) is 3.63. The van der Waals surface area contributed by atoms with Crippen LogP contribution in [0.4, 0.5) is 10.1 Å². The maximum atomic E-state index is 13.5. The molecule has 1 aliphatic heterocycles. The summed E-state index contributed by atoms with van der Waals surface area (Å²) < 4.78 is 18.8. The zero-order valence-electron chi connectivity index (χ0n) is 8.00. The molecule has 0 bridgehead atoms. The molecule has 3 heteroatoms. The Hall–Kier alpha value is -1.09. The van der Waals surface area contributed by atoms with Gasteiger partial charge in [0.15, 0.2) is 0 Å². The Morgan fingerprint density at radius 1 is 1.29 bits per heavy atom. The van der Waals surface area contributed by atoms with Crippen molar-refractivity contribution in [2.24, 2.45) is 0 Å². The fourth-order valence-corrected chi connectivity index (χ4v) is 1.97. The molecule has 0 amide bonds. The number of hydrogen-bond acceptors (Lipinski definition) is 2. The molecule has 0 spiro atoms. The van der Waals surface area contributed by atoms with E-state index in [1.807, 2.05) is 0 Å². The van der Waals surface area contributed by atoms with Crippen molar-refractivity contribution >= 4 is 5.69 Å². The molecule has 1 aromatic carbocycles. The first-order chi connectivity index (χ1) is 6.79. The van der Waals surface area contributed by atoms with E-state index < -0.39 is 0 Å². The summed E-state index contributed by atoms with van der Waals surface area (Å²) in [4.78, 5) is 0. The van der Waals surface area contributed by atoms with Gasteiger partial charge in [0, 0.05) is 24.5 Å². The Kier molecular flexibility index (Phi) is 2.68. The third-order valence-electron chi connectivity index (χ3n) is 2.72. The smallest absolute Gasteiger partial charge is 0.128 e. The lowest BCUT2D eigenvalue weighted by Crippen LogP contribution is -2.16. The minimum absolute atomic E-state index is 0.183. The van der Waals surface area contributed by atoms with Gasteiger partial charge in [-0.15, -0.1) is 0 Å². The third kappa shape index (κ3) is 1.73. The molecule has 0 unspecified atom stereocenters. The van der Waals surface area contributed by atoms with Gasteiger partial charge in [-0.25, -0.2) is 4.39 Å². The fourth-order valence-electron chi connectivity index (χ4n) is 1.97. The Labute approximate surface area is 82.9 Å². The average molecular weight is 195 g/mol. The van der Waals surface area contributed by atoms with E-state index in [1.165, 1.54) is 6.07 Å². The number of rotatable bonds is 1. The van der Waals surface area contributed by atoms with Gasteiger partial charge in [-0.1, -0.05) is 6.07 Å². The number of benzene rings is 1. The predicted molar refractivity (Wildman–Crippen MR) is 53.6 cm³/mol. The molecular formula is C11H14FNO. The number of anilines is 1. The van der Waals surface area contributed by atoms with E-state index in [4.69, 9.17) is 10.5 Å². The van der Waals surface area contributed by atoms with Crippen molar-refractivity contribution in [2.75, 3.05) is 18.9 Å². The highest BCUT2D eigenvalue weighted by atomic mass is 19.1. The summed E-state index contributed by atoms with van der Waals surface area (Å²) in [5.41, 5.74) is 7.01.